The Hall–Kier alpha value is -4.09. The van der Waals surface area contributed by atoms with Gasteiger partial charge < -0.3 is 16.0 Å². The molecule has 0 saturated carbocycles. The molecule has 0 unspecified atom stereocenters. The topological polar surface area (TPSA) is 70.2 Å². The zero-order chi connectivity index (χ0) is 25.5. The Balaban J connectivity index is 1.69. The lowest BCUT2D eigenvalue weighted by molar-refractivity contribution is -0.143. The van der Waals surface area contributed by atoms with E-state index in [-0.39, 0.29) is 40.7 Å². The summed E-state index contributed by atoms with van der Waals surface area (Å²) < 4.78 is 92.1. The van der Waals surface area contributed by atoms with Crippen molar-refractivity contribution >= 4 is 28.9 Å². The average Bonchev–Trinajstić information content (AvgIpc) is 3.17. The van der Waals surface area contributed by atoms with E-state index in [9.17, 15) is 40.3 Å². The summed E-state index contributed by atoms with van der Waals surface area (Å²) in [6.45, 7) is -0.0815. The number of fused-ring (bicyclic) bond motifs is 1. The molecule has 12 heteroatoms. The van der Waals surface area contributed by atoms with Crippen LogP contribution in [0, 0.1) is 5.82 Å². The molecular weight excluding hydrogens is 483 g/mol. The van der Waals surface area contributed by atoms with Gasteiger partial charge in [-0.3, -0.25) is 9.59 Å². The lowest BCUT2D eigenvalue weighted by atomic mass is 10.0. The molecule has 3 aromatic rings. The van der Waals surface area contributed by atoms with Crippen molar-refractivity contribution in [2.24, 2.45) is 0 Å². The van der Waals surface area contributed by atoms with Gasteiger partial charge in [0.05, 0.1) is 22.4 Å². The van der Waals surface area contributed by atoms with Crippen molar-refractivity contribution in [1.82, 2.24) is 5.32 Å². The van der Waals surface area contributed by atoms with E-state index >= 15 is 0 Å². The fourth-order valence-corrected chi connectivity index (χ4v) is 3.55. The Kier molecular flexibility index (Phi) is 5.91. The number of carbonyl (C=O) groups excluding carboxylic acids is 2. The van der Waals surface area contributed by atoms with Gasteiger partial charge >= 0.3 is 12.4 Å². The summed E-state index contributed by atoms with van der Waals surface area (Å²) in [5.74, 6) is -1.81. The summed E-state index contributed by atoms with van der Waals surface area (Å²) in [7, 11) is 0. The van der Waals surface area contributed by atoms with Crippen molar-refractivity contribution in [3.8, 4) is 0 Å². The number of hydrogen-bond donors (Lipinski definition) is 3. The fraction of sp³-hybridized carbons (Fsp3) is 0.130. The van der Waals surface area contributed by atoms with E-state index in [2.05, 4.69) is 16.0 Å². The first-order valence-electron chi connectivity index (χ1n) is 9.90. The van der Waals surface area contributed by atoms with Crippen LogP contribution in [-0.2, 0) is 18.9 Å². The van der Waals surface area contributed by atoms with Crippen LogP contribution in [0.25, 0.3) is 0 Å². The third-order valence-corrected chi connectivity index (χ3v) is 5.19. The number of nitrogens with one attached hydrogen (secondary N) is 3. The van der Waals surface area contributed by atoms with Crippen LogP contribution in [-0.4, -0.2) is 11.8 Å². The van der Waals surface area contributed by atoms with Gasteiger partial charge in [-0.2, -0.15) is 26.3 Å². The SMILES string of the molecule is O=C(Nc1ccc(Nc2cc(C(F)(F)F)cc(C(F)(F)F)c2)c2c1C(=O)NC2)c1ccc(F)cc1. The molecule has 1 heterocycles. The Labute approximate surface area is 192 Å². The first-order chi connectivity index (χ1) is 16.3. The minimum Gasteiger partial charge on any atom is -0.355 e. The predicted molar refractivity (Wildman–Crippen MR) is 112 cm³/mol. The van der Waals surface area contributed by atoms with Crippen LogP contribution in [0.5, 0.6) is 0 Å². The molecule has 0 bridgehead atoms. The number of hydrogen-bond acceptors (Lipinski definition) is 3. The van der Waals surface area contributed by atoms with Crippen molar-refractivity contribution in [3.05, 3.63) is 88.2 Å². The van der Waals surface area contributed by atoms with E-state index in [0.29, 0.717) is 12.1 Å². The molecule has 35 heavy (non-hydrogen) atoms. The van der Waals surface area contributed by atoms with Crippen LogP contribution in [0.3, 0.4) is 0 Å². The largest absolute Gasteiger partial charge is 0.416 e. The maximum Gasteiger partial charge on any atom is 0.416 e. The molecule has 3 aromatic carbocycles. The highest BCUT2D eigenvalue weighted by Crippen LogP contribution is 2.39. The monoisotopic (exact) mass is 497 g/mol. The van der Waals surface area contributed by atoms with Gasteiger partial charge in [0.1, 0.15) is 5.82 Å². The third kappa shape index (κ3) is 5.05. The van der Waals surface area contributed by atoms with Gasteiger partial charge in [0.15, 0.2) is 0 Å². The number of anilines is 3. The van der Waals surface area contributed by atoms with E-state index in [0.717, 1.165) is 12.1 Å². The number of benzene rings is 3. The Morgan fingerprint density at radius 1 is 0.829 bits per heavy atom. The molecule has 0 atom stereocenters. The molecule has 2 amide bonds. The molecule has 0 saturated heterocycles. The molecule has 4 rings (SSSR count). The number of halogens is 7. The maximum absolute atomic E-state index is 13.2. The minimum atomic E-state index is -5.02. The zero-order valence-electron chi connectivity index (χ0n) is 17.4. The van der Waals surface area contributed by atoms with Crippen LogP contribution in [0.4, 0.5) is 47.8 Å². The van der Waals surface area contributed by atoms with Gasteiger partial charge in [-0.05, 0) is 54.6 Å². The van der Waals surface area contributed by atoms with Crippen LogP contribution < -0.4 is 16.0 Å². The molecule has 1 aliphatic heterocycles. The zero-order valence-corrected chi connectivity index (χ0v) is 17.4. The second kappa shape index (κ2) is 8.60. The molecule has 1 aliphatic rings. The summed E-state index contributed by atoms with van der Waals surface area (Å²) >= 11 is 0. The average molecular weight is 497 g/mol. The van der Waals surface area contributed by atoms with Crippen molar-refractivity contribution in [2.45, 2.75) is 18.9 Å². The summed E-state index contributed by atoms with van der Waals surface area (Å²) in [4.78, 5) is 24.9. The van der Waals surface area contributed by atoms with Crippen molar-refractivity contribution < 1.29 is 40.3 Å². The highest BCUT2D eigenvalue weighted by Gasteiger charge is 2.37. The quantitative estimate of drug-likeness (QED) is 0.382. The predicted octanol–water partition coefficient (Wildman–Crippen LogP) is 6.10. The van der Waals surface area contributed by atoms with Crippen LogP contribution in [0.1, 0.15) is 37.4 Å². The van der Waals surface area contributed by atoms with E-state index in [1.165, 1.54) is 24.3 Å². The molecule has 0 spiro atoms. The normalized spacial score (nSPS) is 13.3. The maximum atomic E-state index is 13.2. The second-order valence-corrected chi connectivity index (χ2v) is 7.58. The third-order valence-electron chi connectivity index (χ3n) is 5.19. The fourth-order valence-electron chi connectivity index (χ4n) is 3.55. The molecule has 0 aliphatic carbocycles. The molecule has 182 valence electrons. The Bertz CT molecular complexity index is 1280. The van der Waals surface area contributed by atoms with E-state index < -0.39 is 46.8 Å². The first-order valence-corrected chi connectivity index (χ1v) is 9.90. The highest BCUT2D eigenvalue weighted by molar-refractivity contribution is 6.11. The van der Waals surface area contributed by atoms with Crippen molar-refractivity contribution in [2.75, 3.05) is 10.6 Å². The molecule has 0 aromatic heterocycles. The van der Waals surface area contributed by atoms with E-state index in [1.807, 2.05) is 0 Å². The highest BCUT2D eigenvalue weighted by atomic mass is 19.4. The number of alkyl halides is 6. The Morgan fingerprint density at radius 2 is 1.40 bits per heavy atom. The van der Waals surface area contributed by atoms with E-state index in [1.54, 1.807) is 0 Å². The molecule has 0 radical (unpaired) electrons. The molecule has 3 N–H and O–H groups in total. The Morgan fingerprint density at radius 3 is 1.97 bits per heavy atom. The standard InChI is InChI=1S/C23H14F7N3O2/c24-14-3-1-11(2-4-14)20(34)33-18-6-5-17(16-10-31-21(35)19(16)18)32-15-8-12(22(25,26)27)7-13(9-15)23(28,29)30/h1-9,32H,10H2,(H,31,35)(H,33,34). The minimum absolute atomic E-state index is 0.00603. The smallest absolute Gasteiger partial charge is 0.355 e. The lowest BCUT2D eigenvalue weighted by Gasteiger charge is -2.17. The summed E-state index contributed by atoms with van der Waals surface area (Å²) in [6.07, 6.45) is -10.0. The number of rotatable bonds is 4. The van der Waals surface area contributed by atoms with Crippen LogP contribution in [0.2, 0.25) is 0 Å². The molecule has 0 fully saturated rings. The van der Waals surface area contributed by atoms with Crippen LogP contribution in [0.15, 0.2) is 54.6 Å². The van der Waals surface area contributed by atoms with Gasteiger partial charge in [0.25, 0.3) is 11.8 Å². The summed E-state index contributed by atoms with van der Waals surface area (Å²) in [5, 5.41) is 7.54. The van der Waals surface area contributed by atoms with Crippen LogP contribution >= 0.6 is 0 Å². The summed E-state index contributed by atoms with van der Waals surface area (Å²) in [5.41, 5.74) is -3.01. The molecular formula is C23H14F7N3O2. The summed E-state index contributed by atoms with van der Waals surface area (Å²) in [6, 6.07) is 8.26. The van der Waals surface area contributed by atoms with Gasteiger partial charge in [-0.15, -0.1) is 0 Å². The number of amides is 2. The van der Waals surface area contributed by atoms with Gasteiger partial charge in [0, 0.05) is 29.0 Å². The molecule has 5 nitrogen and oxygen atoms in total. The van der Waals surface area contributed by atoms with E-state index in [4.69, 9.17) is 0 Å². The first kappa shape index (κ1) is 24.0. The van der Waals surface area contributed by atoms with Crippen molar-refractivity contribution in [3.63, 3.8) is 0 Å². The van der Waals surface area contributed by atoms with Gasteiger partial charge in [0.2, 0.25) is 0 Å². The second-order valence-electron chi connectivity index (χ2n) is 7.58. The van der Waals surface area contributed by atoms with Gasteiger partial charge in [-0.1, -0.05) is 0 Å². The number of carbonyl (C=O) groups is 2. The van der Waals surface area contributed by atoms with Gasteiger partial charge in [-0.25, -0.2) is 4.39 Å². The van der Waals surface area contributed by atoms with Crippen molar-refractivity contribution in [1.29, 1.82) is 0 Å². The lowest BCUT2D eigenvalue weighted by Crippen LogP contribution is -2.17.